The highest BCUT2D eigenvalue weighted by Gasteiger charge is 2.50. The summed E-state index contributed by atoms with van der Waals surface area (Å²) in [6, 6.07) is 24.7. The SMILES string of the molecule is CCONC(=O)c1cnn2c(NC)cc(Nc3cccnc3OC)nc12.CNc1cc(Nc2cccnc2OC)nc2c(C(=O)N[C@@H]3CCC[C@H]3O)cnn12.[2H]C([2H])([2H])Oc1ncccc1Nc1cc(NC)n2ncc(C(=O)NC3CC4(COC4)C3)c2n1.[2H]C([2H])([2H])Oc1ncccc1Nc1cc(NC)n2ncc(C(=O)N[C@@H]3CC[C@H]3O)c2n1.[2H]C([2H])([2H])Oc1ncccc1Nc1cc(NC)n2ncc(C(=O)N[C@H]3CC[C@@H]3O)c2n1. The smallest absolute Gasteiger partial charge is 0.280 e. The quantitative estimate of drug-likeness (QED) is 0.0189. The third-order valence-corrected chi connectivity index (χ3v) is 23.4. The van der Waals surface area contributed by atoms with E-state index >= 15 is 0 Å². The Morgan fingerprint density at radius 1 is 0.390 bits per heavy atom. The van der Waals surface area contributed by atoms with Crippen LogP contribution in [0, 0.1) is 5.41 Å². The number of fused-ring (bicyclic) bond motifs is 5. The van der Waals surface area contributed by atoms with E-state index < -0.39 is 57.1 Å². The van der Waals surface area contributed by atoms with Crippen molar-refractivity contribution in [3.05, 3.63) is 181 Å². The van der Waals surface area contributed by atoms with Crippen molar-refractivity contribution >= 4 is 144 Å². The highest BCUT2D eigenvalue weighted by atomic mass is 16.6. The van der Waals surface area contributed by atoms with Crippen molar-refractivity contribution in [1.29, 1.82) is 0 Å². The average molecular weight is 1940 g/mol. The third-order valence-electron chi connectivity index (χ3n) is 23.4. The first-order valence-electron chi connectivity index (χ1n) is 48.9. The number of rotatable bonds is 31. The minimum Gasteiger partial charge on any atom is -0.480 e. The van der Waals surface area contributed by atoms with Crippen molar-refractivity contribution in [1.82, 2.24) is 125 Å². The van der Waals surface area contributed by atoms with Crippen LogP contribution in [0.15, 0.2) is 153 Å². The number of hydrogen-bond acceptors (Lipinski definition) is 40. The fourth-order valence-corrected chi connectivity index (χ4v) is 15.8. The number of pyridine rings is 5. The molecule has 0 aromatic carbocycles. The van der Waals surface area contributed by atoms with Gasteiger partial charge in [-0.1, -0.05) is 0 Å². The van der Waals surface area contributed by atoms with E-state index in [1.807, 2.05) is 12.1 Å². The molecule has 0 bridgehead atoms. The molecule has 6 atom stereocenters. The largest absolute Gasteiger partial charge is 0.480 e. The monoisotopic (exact) mass is 1940 g/mol. The Hall–Kier alpha value is -17.0. The van der Waals surface area contributed by atoms with Gasteiger partial charge in [0.05, 0.1) is 135 Å². The predicted octanol–water partition coefficient (Wildman–Crippen LogP) is 7.33. The van der Waals surface area contributed by atoms with Gasteiger partial charge in [0, 0.05) is 108 Å². The molecule has 1 aliphatic heterocycles. The first-order chi connectivity index (χ1) is 72.0. The lowest BCUT2D eigenvalue weighted by Gasteiger charge is -2.53. The second kappa shape index (κ2) is 44.0. The zero-order valence-corrected chi connectivity index (χ0v) is 77.1. The van der Waals surface area contributed by atoms with Crippen LogP contribution in [-0.2, 0) is 9.57 Å². The molecule has 736 valence electrons. The second-order valence-corrected chi connectivity index (χ2v) is 32.4. The number of ether oxygens (including phenoxy) is 6. The molecule has 0 radical (unpaired) electrons. The molecule has 5 aliphatic rings. The molecule has 5 amide bonds. The molecule has 1 spiro atoms. The third kappa shape index (κ3) is 21.6. The molecule has 1 saturated heterocycles. The summed E-state index contributed by atoms with van der Waals surface area (Å²) < 4.78 is 104. The van der Waals surface area contributed by atoms with E-state index in [0.29, 0.717) is 165 Å². The Balaban J connectivity index is 0.000000134. The minimum absolute atomic E-state index is 0.0875. The Morgan fingerprint density at radius 2 is 0.667 bits per heavy atom. The Labute approximate surface area is 817 Å². The molecular formula is C91H107N35O15. The number of carbonyl (C=O) groups excluding carboxylic acids is 5. The van der Waals surface area contributed by atoms with Gasteiger partial charge in [0.15, 0.2) is 28.2 Å². The Bertz CT molecular complexity index is 7210. The summed E-state index contributed by atoms with van der Waals surface area (Å²) in [5, 5.41) is 92.7. The summed E-state index contributed by atoms with van der Waals surface area (Å²) in [5.41, 5.74) is 7.92. The lowest BCUT2D eigenvalue weighted by Crippen LogP contribution is -2.59. The highest BCUT2D eigenvalue weighted by molar-refractivity contribution is 6.03. The van der Waals surface area contributed by atoms with Gasteiger partial charge in [0.2, 0.25) is 29.4 Å². The molecular weight excluding hydrogens is 1820 g/mol. The number of aliphatic hydroxyl groups is 3. The van der Waals surface area contributed by atoms with Crippen molar-refractivity contribution in [2.45, 2.75) is 107 Å². The molecule has 15 aromatic heterocycles. The van der Waals surface area contributed by atoms with Gasteiger partial charge in [0.1, 0.15) is 114 Å². The second-order valence-electron chi connectivity index (χ2n) is 32.4. The number of hydrogen-bond donors (Lipinski definition) is 18. The maximum atomic E-state index is 13.0. The summed E-state index contributed by atoms with van der Waals surface area (Å²) in [5.74, 6) is 3.76. The van der Waals surface area contributed by atoms with Crippen LogP contribution in [0.4, 0.5) is 86.6 Å². The van der Waals surface area contributed by atoms with E-state index in [2.05, 4.69) is 155 Å². The maximum absolute atomic E-state index is 13.0. The zero-order chi connectivity index (χ0) is 106. The first-order valence-corrected chi connectivity index (χ1v) is 44.4. The summed E-state index contributed by atoms with van der Waals surface area (Å²) in [7, 11) is 3.72. The standard InChI is InChI=1S/C20H23N7O3.C19H23N7O3.2C18H21N7O3.C16H19N7O3/c1-21-16-6-15(25-14-4-3-5-22-19(14)29-2)26-17-13(9-23-27(16)17)18(28)24-12-7-20(8-12)10-30-11-20;1-20-16-9-15(23-13-6-4-8-21-19(13)29-2)25-17-11(10-22-26(16)17)18(28)24-12-5-3-7-14(12)27;2*1-19-15-8-14(22-12-4-3-7-20-18(12)28-2)24-16-10(9-21-25(15)16)17(27)23-11-5-6-13(11)26;1-4-26-22-15(24)10-9-19-23-13(17-2)8-12(21-14(10)23)20-11-6-5-7-18-16(11)25-3/h3-6,9,12,21H,7-8,10-11H2,1-2H3,(H,24,28)(H,25,26);4,6,8-10,12,14,20,27H,3,5,7H2,1-2H3,(H,23,25)(H,24,28);2*3-4,7-9,11,13,19,26H,5-6H2,1-2H3,(H,22,24)(H,23,27);5-9,17H,4H2,1-3H3,(H,20,21)(H,22,24)/t;12-,14-;2*11-,13-;/m.110./s1/i2D3;;2*2D3;. The molecule has 4 saturated carbocycles. The van der Waals surface area contributed by atoms with Crippen molar-refractivity contribution in [3.8, 4) is 29.4 Å². The minimum atomic E-state index is -2.67. The summed E-state index contributed by atoms with van der Waals surface area (Å²) in [6.45, 7) is 3.66. The highest BCUT2D eigenvalue weighted by Crippen LogP contribution is 2.47. The van der Waals surface area contributed by atoms with Crippen LogP contribution in [0.5, 0.6) is 29.4 Å². The van der Waals surface area contributed by atoms with Crippen molar-refractivity contribution in [3.63, 3.8) is 0 Å². The van der Waals surface area contributed by atoms with Gasteiger partial charge in [-0.25, -0.2) is 55.3 Å². The zero-order valence-electron chi connectivity index (χ0n) is 86.1. The van der Waals surface area contributed by atoms with Crippen LogP contribution in [0.25, 0.3) is 28.2 Å². The molecule has 15 aromatic rings. The fourth-order valence-electron chi connectivity index (χ4n) is 15.8. The van der Waals surface area contributed by atoms with E-state index in [4.69, 9.17) is 45.6 Å². The Morgan fingerprint density at radius 3 is 0.901 bits per heavy atom. The topological polar surface area (TPSA) is 606 Å². The number of amides is 5. The molecule has 141 heavy (non-hydrogen) atoms. The van der Waals surface area contributed by atoms with Crippen LogP contribution in [0.2, 0.25) is 0 Å². The van der Waals surface area contributed by atoms with Crippen LogP contribution in [0.3, 0.4) is 0 Å². The number of hydroxylamine groups is 1. The van der Waals surface area contributed by atoms with Crippen LogP contribution < -0.4 is 104 Å². The summed E-state index contributed by atoms with van der Waals surface area (Å²) >= 11 is 0. The lowest BCUT2D eigenvalue weighted by molar-refractivity contribution is -0.165. The molecule has 5 fully saturated rings. The maximum Gasteiger partial charge on any atom is 0.280 e. The molecule has 4 aliphatic carbocycles. The van der Waals surface area contributed by atoms with Crippen LogP contribution in [0.1, 0.15) is 129 Å². The number of aliphatic hydroxyl groups excluding tert-OH is 3. The molecule has 20 rings (SSSR count). The molecule has 18 N–H and O–H groups in total. The molecule has 0 unspecified atom stereocenters. The molecule has 50 heteroatoms. The fraction of sp³-hybridized carbons (Fsp3) is 0.341. The van der Waals surface area contributed by atoms with Crippen molar-refractivity contribution < 1.29 is 84.9 Å². The van der Waals surface area contributed by atoms with Crippen molar-refractivity contribution in [2.75, 3.05) is 144 Å². The van der Waals surface area contributed by atoms with Gasteiger partial charge in [0.25, 0.3) is 29.5 Å². The van der Waals surface area contributed by atoms with E-state index in [1.165, 1.54) is 74.7 Å². The van der Waals surface area contributed by atoms with Crippen LogP contribution in [-0.4, -0.2) is 276 Å². The van der Waals surface area contributed by atoms with E-state index in [0.717, 1.165) is 38.9 Å². The van der Waals surface area contributed by atoms with Crippen molar-refractivity contribution in [2.24, 2.45) is 5.41 Å². The van der Waals surface area contributed by atoms with E-state index in [-0.39, 0.29) is 87.0 Å². The first kappa shape index (κ1) is 85.6. The summed E-state index contributed by atoms with van der Waals surface area (Å²) in [4.78, 5) is 111. The average Bonchev–Trinajstić information content (AvgIpc) is 0.903. The normalized spacial score (nSPS) is 18.0. The number of anilines is 15. The van der Waals surface area contributed by atoms with Gasteiger partial charge in [-0.05, 0) is 125 Å². The van der Waals surface area contributed by atoms with Gasteiger partial charge in [-0.15, -0.1) is 0 Å². The van der Waals surface area contributed by atoms with E-state index in [9.17, 15) is 39.3 Å². The molecule has 50 nitrogen and oxygen atoms in total. The predicted molar refractivity (Wildman–Crippen MR) is 520 cm³/mol. The van der Waals surface area contributed by atoms with Gasteiger partial charge in [-0.2, -0.15) is 48.1 Å². The number of methoxy groups -OCH3 is 5. The number of carbonyl (C=O) groups is 5. The Kier molecular flexibility index (Phi) is 26.7. The van der Waals surface area contributed by atoms with E-state index in [1.54, 1.807) is 145 Å². The summed E-state index contributed by atoms with van der Waals surface area (Å²) in [6.07, 6.45) is 20.0. The van der Waals surface area contributed by atoms with Crippen LogP contribution >= 0.6 is 0 Å². The number of aromatic nitrogens is 20. The lowest BCUT2D eigenvalue weighted by atomic mass is 9.64. The number of nitrogens with zero attached hydrogens (tertiary/aromatic N) is 20. The van der Waals surface area contributed by atoms with Gasteiger partial charge >= 0.3 is 0 Å². The number of nitrogens with one attached hydrogen (secondary N) is 15. The molecule has 16 heterocycles. The van der Waals surface area contributed by atoms with Gasteiger partial charge in [-0.3, -0.25) is 28.8 Å². The van der Waals surface area contributed by atoms with Gasteiger partial charge < -0.3 is 118 Å².